The molecule has 3 nitrogen and oxygen atoms in total. The van der Waals surface area contributed by atoms with Gasteiger partial charge in [0.2, 0.25) is 5.91 Å². The van der Waals surface area contributed by atoms with Crippen molar-refractivity contribution in [1.29, 1.82) is 0 Å². The Balaban J connectivity index is 1.45. The fourth-order valence-electron chi connectivity index (χ4n) is 4.15. The highest BCUT2D eigenvalue weighted by Gasteiger charge is 2.38. The summed E-state index contributed by atoms with van der Waals surface area (Å²) in [7, 11) is 0. The summed E-state index contributed by atoms with van der Waals surface area (Å²) < 4.78 is 0. The summed E-state index contributed by atoms with van der Waals surface area (Å²) >= 11 is 0. The van der Waals surface area contributed by atoms with Crippen LogP contribution in [-0.2, 0) is 4.79 Å². The Morgan fingerprint density at radius 1 is 1.25 bits per heavy atom. The monoisotopic (exact) mass is 334 g/mol. The molecule has 3 heteroatoms. The van der Waals surface area contributed by atoms with Crippen LogP contribution in [0.25, 0.3) is 0 Å². The normalized spacial score (nSPS) is 27.8. The van der Waals surface area contributed by atoms with Gasteiger partial charge >= 0.3 is 0 Å². The molecule has 0 bridgehead atoms. The molecular formula is C21H38N2O. The highest BCUT2D eigenvalue weighted by molar-refractivity contribution is 5.76. The van der Waals surface area contributed by atoms with Crippen molar-refractivity contribution in [1.82, 2.24) is 4.90 Å². The molecule has 0 aromatic rings. The molecule has 138 valence electrons. The van der Waals surface area contributed by atoms with Gasteiger partial charge < -0.3 is 10.6 Å². The van der Waals surface area contributed by atoms with Gasteiger partial charge in [-0.05, 0) is 63.2 Å². The Hall–Kier alpha value is -0.830. The minimum absolute atomic E-state index is 0.395. The predicted octanol–water partition coefficient (Wildman–Crippen LogP) is 4.66. The second kappa shape index (κ2) is 10.2. The zero-order chi connectivity index (χ0) is 17.4. The lowest BCUT2D eigenvalue weighted by atomic mass is 10.1. The molecule has 4 atom stereocenters. The Morgan fingerprint density at radius 2 is 2.04 bits per heavy atom. The van der Waals surface area contributed by atoms with Gasteiger partial charge in [-0.2, -0.15) is 0 Å². The first-order valence-corrected chi connectivity index (χ1v) is 10.4. The summed E-state index contributed by atoms with van der Waals surface area (Å²) in [5, 5.41) is 0. The number of carbonyl (C=O) groups is 1. The van der Waals surface area contributed by atoms with Gasteiger partial charge in [0, 0.05) is 25.0 Å². The average molecular weight is 335 g/mol. The van der Waals surface area contributed by atoms with Gasteiger partial charge in [-0.3, -0.25) is 4.79 Å². The van der Waals surface area contributed by atoms with Gasteiger partial charge in [0.25, 0.3) is 0 Å². The van der Waals surface area contributed by atoms with Crippen LogP contribution in [0.15, 0.2) is 12.2 Å². The third-order valence-corrected chi connectivity index (χ3v) is 5.98. The van der Waals surface area contributed by atoms with Crippen LogP contribution >= 0.6 is 0 Å². The van der Waals surface area contributed by atoms with Crippen LogP contribution in [-0.4, -0.2) is 29.4 Å². The van der Waals surface area contributed by atoms with Crippen LogP contribution in [0.4, 0.5) is 0 Å². The van der Waals surface area contributed by atoms with Gasteiger partial charge in [-0.25, -0.2) is 0 Å². The largest absolute Gasteiger partial charge is 0.340 e. The fraction of sp³-hybridized carbons (Fsp3) is 0.857. The van der Waals surface area contributed by atoms with E-state index in [-0.39, 0.29) is 0 Å². The number of likely N-dealkylation sites (tertiary alicyclic amines) is 1. The Kier molecular flexibility index (Phi) is 8.31. The van der Waals surface area contributed by atoms with Gasteiger partial charge in [-0.15, -0.1) is 0 Å². The standard InChI is InChI=1S/C21H38N2O/c1-3-18-13-11-15-23(18)21(24)14-10-8-6-5-7-9-12-17-16-19(17)20(22)4-2/h9,12,17-20H,3-8,10-11,13-16,22H2,1-2H3/b12-9-/t17-,18?,19?,20?/m1/s1. The molecule has 3 unspecified atom stereocenters. The van der Waals surface area contributed by atoms with E-state index in [1.54, 1.807) is 0 Å². The van der Waals surface area contributed by atoms with Crippen molar-refractivity contribution in [3.63, 3.8) is 0 Å². The van der Waals surface area contributed by atoms with E-state index in [9.17, 15) is 4.79 Å². The van der Waals surface area contributed by atoms with E-state index >= 15 is 0 Å². The van der Waals surface area contributed by atoms with Crippen LogP contribution in [0.5, 0.6) is 0 Å². The summed E-state index contributed by atoms with van der Waals surface area (Å²) in [6.07, 6.45) is 17.4. The van der Waals surface area contributed by atoms with Crippen molar-refractivity contribution < 1.29 is 4.79 Å². The minimum atomic E-state index is 0.395. The minimum Gasteiger partial charge on any atom is -0.340 e. The number of unbranched alkanes of at least 4 members (excludes halogenated alkanes) is 4. The molecule has 1 saturated carbocycles. The van der Waals surface area contributed by atoms with E-state index in [4.69, 9.17) is 5.73 Å². The van der Waals surface area contributed by atoms with E-state index in [1.807, 2.05) is 0 Å². The Morgan fingerprint density at radius 3 is 2.79 bits per heavy atom. The van der Waals surface area contributed by atoms with Gasteiger partial charge in [0.1, 0.15) is 0 Å². The summed E-state index contributed by atoms with van der Waals surface area (Å²) in [6.45, 7) is 5.37. The number of nitrogens with zero attached hydrogens (tertiary/aromatic N) is 1. The van der Waals surface area contributed by atoms with Crippen LogP contribution in [0.1, 0.15) is 84.5 Å². The first kappa shape index (κ1) is 19.5. The molecule has 24 heavy (non-hydrogen) atoms. The molecule has 0 spiro atoms. The number of carbonyl (C=O) groups excluding carboxylic acids is 1. The molecular weight excluding hydrogens is 296 g/mol. The third-order valence-electron chi connectivity index (χ3n) is 5.98. The topological polar surface area (TPSA) is 46.3 Å². The molecule has 1 amide bonds. The maximum Gasteiger partial charge on any atom is 0.222 e. The fourth-order valence-corrected chi connectivity index (χ4v) is 4.15. The van der Waals surface area contributed by atoms with E-state index in [2.05, 4.69) is 30.9 Å². The number of hydrogen-bond donors (Lipinski definition) is 1. The second-order valence-electron chi connectivity index (χ2n) is 7.81. The van der Waals surface area contributed by atoms with Crippen molar-refractivity contribution in [2.24, 2.45) is 17.6 Å². The van der Waals surface area contributed by atoms with Crippen molar-refractivity contribution in [3.8, 4) is 0 Å². The maximum absolute atomic E-state index is 12.2. The molecule has 2 N–H and O–H groups in total. The molecule has 2 fully saturated rings. The van der Waals surface area contributed by atoms with Crippen molar-refractivity contribution >= 4 is 5.91 Å². The zero-order valence-corrected chi connectivity index (χ0v) is 15.9. The van der Waals surface area contributed by atoms with Gasteiger partial charge in [-0.1, -0.05) is 38.8 Å². The van der Waals surface area contributed by atoms with Crippen LogP contribution < -0.4 is 5.73 Å². The van der Waals surface area contributed by atoms with Gasteiger partial charge in [0.05, 0.1) is 0 Å². The van der Waals surface area contributed by atoms with Gasteiger partial charge in [0.15, 0.2) is 0 Å². The quantitative estimate of drug-likeness (QED) is 0.441. The van der Waals surface area contributed by atoms with Crippen LogP contribution in [0.2, 0.25) is 0 Å². The van der Waals surface area contributed by atoms with E-state index in [0.29, 0.717) is 18.0 Å². The smallest absolute Gasteiger partial charge is 0.222 e. The lowest BCUT2D eigenvalue weighted by molar-refractivity contribution is -0.132. The Labute approximate surface area is 149 Å². The summed E-state index contributed by atoms with van der Waals surface area (Å²) in [5.74, 6) is 1.89. The first-order chi connectivity index (χ1) is 11.7. The first-order valence-electron chi connectivity index (χ1n) is 10.4. The summed E-state index contributed by atoms with van der Waals surface area (Å²) in [5.41, 5.74) is 6.08. The lowest BCUT2D eigenvalue weighted by Gasteiger charge is -2.23. The molecule has 1 aliphatic carbocycles. The van der Waals surface area contributed by atoms with Crippen molar-refractivity contribution in [3.05, 3.63) is 12.2 Å². The third kappa shape index (κ3) is 5.91. The van der Waals surface area contributed by atoms with Crippen LogP contribution in [0, 0.1) is 11.8 Å². The number of rotatable bonds is 11. The number of amides is 1. The maximum atomic E-state index is 12.2. The number of hydrogen-bond acceptors (Lipinski definition) is 2. The molecule has 2 rings (SSSR count). The molecule has 0 radical (unpaired) electrons. The van der Waals surface area contributed by atoms with E-state index in [0.717, 1.165) is 44.1 Å². The SMILES string of the molecule is CCC(N)C1C[C@H]1/C=C\CCCCCCC(=O)N1CCCC1CC. The molecule has 1 heterocycles. The van der Waals surface area contributed by atoms with E-state index < -0.39 is 0 Å². The zero-order valence-electron chi connectivity index (χ0n) is 15.9. The average Bonchev–Trinajstić information content (AvgIpc) is 3.20. The highest BCUT2D eigenvalue weighted by atomic mass is 16.2. The summed E-state index contributed by atoms with van der Waals surface area (Å²) in [6, 6.07) is 0.926. The highest BCUT2D eigenvalue weighted by Crippen LogP contribution is 2.42. The van der Waals surface area contributed by atoms with Crippen molar-refractivity contribution in [2.45, 2.75) is 96.6 Å². The van der Waals surface area contributed by atoms with E-state index in [1.165, 1.54) is 44.9 Å². The molecule has 1 saturated heterocycles. The Bertz CT molecular complexity index is 407. The number of allylic oxidation sites excluding steroid dienone is 2. The molecule has 2 aliphatic rings. The van der Waals surface area contributed by atoms with Crippen LogP contribution in [0.3, 0.4) is 0 Å². The lowest BCUT2D eigenvalue weighted by Crippen LogP contribution is -2.34. The number of nitrogens with two attached hydrogens (primary N) is 1. The predicted molar refractivity (Wildman–Crippen MR) is 102 cm³/mol. The molecule has 1 aliphatic heterocycles. The second-order valence-corrected chi connectivity index (χ2v) is 7.81. The van der Waals surface area contributed by atoms with Crippen molar-refractivity contribution in [2.75, 3.05) is 6.54 Å². The molecule has 0 aromatic carbocycles. The molecule has 0 aromatic heterocycles. The summed E-state index contributed by atoms with van der Waals surface area (Å²) in [4.78, 5) is 14.4.